The topological polar surface area (TPSA) is 44.1 Å². The van der Waals surface area contributed by atoms with Gasteiger partial charge in [0.05, 0.1) is 11.6 Å². The largest absolute Gasteiger partial charge is 0.334 e. The minimum Gasteiger partial charge on any atom is -0.334 e. The van der Waals surface area contributed by atoms with Gasteiger partial charge < -0.3 is 4.90 Å². The summed E-state index contributed by atoms with van der Waals surface area (Å²) in [6.45, 7) is 3.62. The van der Waals surface area contributed by atoms with Crippen molar-refractivity contribution in [2.24, 2.45) is 0 Å². The molecule has 1 aliphatic heterocycles. The van der Waals surface area contributed by atoms with Gasteiger partial charge in [0.25, 0.3) is 5.91 Å². The normalized spacial score (nSPS) is 13.8. The van der Waals surface area contributed by atoms with Gasteiger partial charge in [-0.2, -0.15) is 5.26 Å². The SMILES string of the molecule is CCCCN1Cc2ccc(C#N)cc2C1=O. The van der Waals surface area contributed by atoms with Gasteiger partial charge in [-0.25, -0.2) is 0 Å². The number of nitriles is 1. The van der Waals surface area contributed by atoms with Gasteiger partial charge in [-0.3, -0.25) is 4.79 Å². The molecule has 16 heavy (non-hydrogen) atoms. The summed E-state index contributed by atoms with van der Waals surface area (Å²) < 4.78 is 0. The van der Waals surface area contributed by atoms with E-state index >= 15 is 0 Å². The molecule has 2 rings (SSSR count). The van der Waals surface area contributed by atoms with E-state index in [1.165, 1.54) is 0 Å². The van der Waals surface area contributed by atoms with Gasteiger partial charge in [-0.15, -0.1) is 0 Å². The van der Waals surface area contributed by atoms with Crippen LogP contribution < -0.4 is 0 Å². The summed E-state index contributed by atoms with van der Waals surface area (Å²) in [5.74, 6) is 0.0700. The monoisotopic (exact) mass is 214 g/mol. The Hall–Kier alpha value is -1.82. The molecule has 0 saturated heterocycles. The molecular formula is C13H14N2O. The molecule has 0 atom stereocenters. The number of benzene rings is 1. The van der Waals surface area contributed by atoms with Gasteiger partial charge in [0.2, 0.25) is 0 Å². The van der Waals surface area contributed by atoms with Crippen LogP contribution >= 0.6 is 0 Å². The van der Waals surface area contributed by atoms with Crippen molar-refractivity contribution in [1.82, 2.24) is 4.90 Å². The lowest BCUT2D eigenvalue weighted by Gasteiger charge is -2.14. The Labute approximate surface area is 95.3 Å². The van der Waals surface area contributed by atoms with E-state index in [0.29, 0.717) is 17.7 Å². The standard InChI is InChI=1S/C13H14N2O/c1-2-3-6-15-9-11-5-4-10(8-14)7-12(11)13(15)16/h4-5,7H,2-3,6,9H2,1H3. The van der Waals surface area contributed by atoms with Crippen molar-refractivity contribution in [1.29, 1.82) is 5.26 Å². The van der Waals surface area contributed by atoms with Crippen molar-refractivity contribution in [3.8, 4) is 6.07 Å². The zero-order valence-electron chi connectivity index (χ0n) is 9.36. The molecule has 1 aromatic rings. The average molecular weight is 214 g/mol. The van der Waals surface area contributed by atoms with Crippen LogP contribution in [0.25, 0.3) is 0 Å². The maximum absolute atomic E-state index is 12.0. The fraction of sp³-hybridized carbons (Fsp3) is 0.385. The third-order valence-corrected chi connectivity index (χ3v) is 2.90. The highest BCUT2D eigenvalue weighted by Crippen LogP contribution is 2.23. The highest BCUT2D eigenvalue weighted by molar-refractivity contribution is 5.98. The maximum atomic E-state index is 12.0. The first-order valence-electron chi connectivity index (χ1n) is 5.58. The van der Waals surface area contributed by atoms with Gasteiger partial charge in [0.1, 0.15) is 0 Å². The second-order valence-corrected chi connectivity index (χ2v) is 4.06. The first-order valence-corrected chi connectivity index (χ1v) is 5.58. The van der Waals surface area contributed by atoms with Crippen LogP contribution in [0.1, 0.15) is 41.3 Å². The van der Waals surface area contributed by atoms with Crippen LogP contribution in [0.4, 0.5) is 0 Å². The number of nitrogens with zero attached hydrogens (tertiary/aromatic N) is 2. The summed E-state index contributed by atoms with van der Waals surface area (Å²) in [4.78, 5) is 13.8. The predicted octanol–water partition coefficient (Wildman–Crippen LogP) is 2.31. The number of carbonyl (C=O) groups excluding carboxylic acids is 1. The number of rotatable bonds is 3. The Morgan fingerprint density at radius 3 is 3.00 bits per heavy atom. The van der Waals surface area contributed by atoms with Crippen molar-refractivity contribution in [3.63, 3.8) is 0 Å². The summed E-state index contributed by atoms with van der Waals surface area (Å²) >= 11 is 0. The molecular weight excluding hydrogens is 200 g/mol. The Morgan fingerprint density at radius 2 is 2.31 bits per heavy atom. The van der Waals surface area contributed by atoms with Crippen molar-refractivity contribution < 1.29 is 4.79 Å². The molecule has 0 fully saturated rings. The van der Waals surface area contributed by atoms with Crippen LogP contribution in [0.15, 0.2) is 18.2 Å². The average Bonchev–Trinajstić information content (AvgIpc) is 2.63. The molecule has 0 N–H and O–H groups in total. The molecule has 0 bridgehead atoms. The summed E-state index contributed by atoms with van der Waals surface area (Å²) in [7, 11) is 0. The van der Waals surface area contributed by atoms with Crippen LogP contribution in [0.3, 0.4) is 0 Å². The molecule has 82 valence electrons. The Bertz CT molecular complexity index is 459. The number of hydrogen-bond donors (Lipinski definition) is 0. The van der Waals surface area contributed by atoms with E-state index < -0.39 is 0 Å². The first-order chi connectivity index (χ1) is 7.76. The van der Waals surface area contributed by atoms with Crippen LogP contribution in [0.2, 0.25) is 0 Å². The van der Waals surface area contributed by atoms with Crippen LogP contribution in [-0.4, -0.2) is 17.4 Å². The second-order valence-electron chi connectivity index (χ2n) is 4.06. The Kier molecular flexibility index (Phi) is 2.91. The quantitative estimate of drug-likeness (QED) is 0.775. The Balaban J connectivity index is 2.22. The summed E-state index contributed by atoms with van der Waals surface area (Å²) in [5.41, 5.74) is 2.31. The molecule has 0 aliphatic carbocycles. The molecule has 1 heterocycles. The summed E-state index contributed by atoms with van der Waals surface area (Å²) in [6.07, 6.45) is 2.12. The molecule has 1 aromatic carbocycles. The number of hydrogen-bond acceptors (Lipinski definition) is 2. The molecule has 0 spiro atoms. The zero-order chi connectivity index (χ0) is 11.5. The van der Waals surface area contributed by atoms with Crippen molar-refractivity contribution in [2.75, 3.05) is 6.54 Å². The van der Waals surface area contributed by atoms with Crippen molar-refractivity contribution in [2.45, 2.75) is 26.3 Å². The van der Waals surface area contributed by atoms with Gasteiger partial charge >= 0.3 is 0 Å². The lowest BCUT2D eigenvalue weighted by Crippen LogP contribution is -2.24. The summed E-state index contributed by atoms with van der Waals surface area (Å²) in [5, 5.41) is 8.79. The van der Waals surface area contributed by atoms with E-state index in [9.17, 15) is 4.79 Å². The highest BCUT2D eigenvalue weighted by atomic mass is 16.2. The molecule has 0 aromatic heterocycles. The van der Waals surface area contributed by atoms with E-state index in [1.54, 1.807) is 12.1 Å². The molecule has 0 radical (unpaired) electrons. The van der Waals surface area contributed by atoms with Crippen LogP contribution in [-0.2, 0) is 6.54 Å². The van der Waals surface area contributed by atoms with Gasteiger partial charge in [-0.05, 0) is 24.1 Å². The number of unbranched alkanes of at least 4 members (excludes halogenated alkanes) is 1. The minimum absolute atomic E-state index is 0.0700. The van der Waals surface area contributed by atoms with Gasteiger partial charge in [-0.1, -0.05) is 19.4 Å². The molecule has 3 heteroatoms. The van der Waals surface area contributed by atoms with Crippen molar-refractivity contribution in [3.05, 3.63) is 34.9 Å². The lowest BCUT2D eigenvalue weighted by atomic mass is 10.1. The predicted molar refractivity (Wildman–Crippen MR) is 60.8 cm³/mol. The van der Waals surface area contributed by atoms with E-state index in [2.05, 4.69) is 13.0 Å². The fourth-order valence-corrected chi connectivity index (χ4v) is 1.96. The van der Waals surface area contributed by atoms with E-state index in [4.69, 9.17) is 5.26 Å². The fourth-order valence-electron chi connectivity index (χ4n) is 1.96. The highest BCUT2D eigenvalue weighted by Gasteiger charge is 2.26. The third-order valence-electron chi connectivity index (χ3n) is 2.90. The molecule has 0 unspecified atom stereocenters. The third kappa shape index (κ3) is 1.79. The van der Waals surface area contributed by atoms with Gasteiger partial charge in [0.15, 0.2) is 0 Å². The lowest BCUT2D eigenvalue weighted by molar-refractivity contribution is 0.0776. The zero-order valence-corrected chi connectivity index (χ0v) is 9.36. The summed E-state index contributed by atoms with van der Waals surface area (Å²) in [6, 6.07) is 7.42. The van der Waals surface area contributed by atoms with Crippen molar-refractivity contribution >= 4 is 5.91 Å². The number of fused-ring (bicyclic) bond motifs is 1. The molecule has 0 saturated carbocycles. The second kappa shape index (κ2) is 4.36. The van der Waals surface area contributed by atoms with Crippen LogP contribution in [0, 0.1) is 11.3 Å². The maximum Gasteiger partial charge on any atom is 0.254 e. The smallest absolute Gasteiger partial charge is 0.254 e. The first kappa shape index (κ1) is 10.7. The molecule has 1 aliphatic rings. The van der Waals surface area contributed by atoms with E-state index in [1.807, 2.05) is 11.0 Å². The van der Waals surface area contributed by atoms with E-state index in [-0.39, 0.29) is 5.91 Å². The minimum atomic E-state index is 0.0700. The van der Waals surface area contributed by atoms with E-state index in [0.717, 1.165) is 24.9 Å². The molecule has 1 amide bonds. The van der Waals surface area contributed by atoms with Gasteiger partial charge in [0, 0.05) is 18.7 Å². The number of amides is 1. The number of carbonyl (C=O) groups is 1. The molecule has 3 nitrogen and oxygen atoms in total. The Morgan fingerprint density at radius 1 is 1.50 bits per heavy atom. The van der Waals surface area contributed by atoms with Crippen LogP contribution in [0.5, 0.6) is 0 Å².